The van der Waals surface area contributed by atoms with E-state index < -0.39 is 5.56 Å². The number of hydrogen-bond acceptors (Lipinski definition) is 6. The van der Waals surface area contributed by atoms with Gasteiger partial charge in [-0.25, -0.2) is 4.98 Å². The van der Waals surface area contributed by atoms with Gasteiger partial charge in [0.15, 0.2) is 5.69 Å². The second kappa shape index (κ2) is 7.09. The van der Waals surface area contributed by atoms with Gasteiger partial charge in [0, 0.05) is 15.4 Å². The Labute approximate surface area is 166 Å². The maximum absolute atomic E-state index is 12.3. The molecule has 0 fully saturated rings. The van der Waals surface area contributed by atoms with Crippen LogP contribution in [-0.4, -0.2) is 20.1 Å². The van der Waals surface area contributed by atoms with Gasteiger partial charge in [-0.05, 0) is 18.2 Å². The van der Waals surface area contributed by atoms with E-state index in [-0.39, 0.29) is 28.8 Å². The number of aromatic amines is 2. The van der Waals surface area contributed by atoms with Crippen molar-refractivity contribution in [2.24, 2.45) is 10.2 Å². The van der Waals surface area contributed by atoms with E-state index in [1.807, 2.05) is 18.2 Å². The molecule has 4 rings (SSSR count). The summed E-state index contributed by atoms with van der Waals surface area (Å²) in [5, 5.41) is 28.1. The lowest BCUT2D eigenvalue weighted by Gasteiger charge is -2.03. The van der Waals surface area contributed by atoms with Gasteiger partial charge in [-0.15, -0.1) is 10.2 Å². The third-order valence-electron chi connectivity index (χ3n) is 4.02. The molecule has 0 radical (unpaired) electrons. The predicted octanol–water partition coefficient (Wildman–Crippen LogP) is 4.67. The average molecular weight is 435 g/mol. The summed E-state index contributed by atoms with van der Waals surface area (Å²) < 4.78 is 0.812. The summed E-state index contributed by atoms with van der Waals surface area (Å²) in [5.41, 5.74) is 0.998. The quantitative estimate of drug-likeness (QED) is 0.404. The van der Waals surface area contributed by atoms with E-state index in [2.05, 4.69) is 41.1 Å². The summed E-state index contributed by atoms with van der Waals surface area (Å²) >= 11 is 3.37. The first-order valence-corrected chi connectivity index (χ1v) is 8.88. The lowest BCUT2D eigenvalue weighted by molar-refractivity contribution is 0.459. The number of aromatic hydroxyl groups is 1. The van der Waals surface area contributed by atoms with Crippen molar-refractivity contribution in [2.75, 3.05) is 0 Å². The number of fused-ring (bicyclic) bond motifs is 1. The Kier molecular flexibility index (Phi) is 4.47. The number of H-pyrrole nitrogens is 2. The molecule has 2 heterocycles. The Hall–Kier alpha value is -3.77. The number of hydrogen-bond donors (Lipinski definition) is 3. The highest BCUT2D eigenvalue weighted by atomic mass is 79.9. The maximum Gasteiger partial charge on any atom is 0.270 e. The zero-order chi connectivity index (χ0) is 19.7. The molecule has 0 unspecified atom stereocenters. The molecular weight excluding hydrogens is 424 g/mol. The molecule has 8 nitrogen and oxygen atoms in total. The molecule has 0 bridgehead atoms. The van der Waals surface area contributed by atoms with Crippen molar-refractivity contribution < 1.29 is 5.11 Å². The monoisotopic (exact) mass is 434 g/mol. The molecule has 0 atom stereocenters. The van der Waals surface area contributed by atoms with E-state index in [1.54, 1.807) is 36.4 Å². The number of nitrogens with zero attached hydrogens (tertiary/aromatic N) is 4. The molecule has 3 N–H and O–H groups in total. The van der Waals surface area contributed by atoms with Gasteiger partial charge in [-0.1, -0.05) is 46.3 Å². The second-order valence-electron chi connectivity index (χ2n) is 5.80. The van der Waals surface area contributed by atoms with Crippen LogP contribution in [0.1, 0.15) is 5.56 Å². The highest BCUT2D eigenvalue weighted by molar-refractivity contribution is 9.10. The molecule has 2 aromatic carbocycles. The first-order chi connectivity index (χ1) is 13.6. The number of nitriles is 1. The van der Waals surface area contributed by atoms with Crippen LogP contribution < -0.4 is 5.56 Å². The number of rotatable bonds is 3. The first kappa shape index (κ1) is 17.6. The average Bonchev–Trinajstić information content (AvgIpc) is 3.01. The summed E-state index contributed by atoms with van der Waals surface area (Å²) in [5.74, 6) is -0.234. The number of nitrogens with one attached hydrogen (secondary N) is 2. The lowest BCUT2D eigenvalue weighted by Crippen LogP contribution is -2.13. The van der Waals surface area contributed by atoms with Crippen LogP contribution in [0.5, 0.6) is 5.88 Å². The minimum absolute atomic E-state index is 0.0772. The molecule has 0 aliphatic rings. The maximum atomic E-state index is 12.3. The molecule has 28 heavy (non-hydrogen) atoms. The van der Waals surface area contributed by atoms with E-state index in [1.165, 1.54) is 0 Å². The zero-order valence-corrected chi connectivity index (χ0v) is 15.7. The standard InChI is InChI=1S/C19H11BrN6O2/c20-11-6-7-14-12(8-11)16(18(28)22-14)25-26-19-23-15(10-4-2-1-3-5-10)13(9-21)17(27)24-19/h1-8,22,28H,(H,23,24,27). The summed E-state index contributed by atoms with van der Waals surface area (Å²) in [6, 6.07) is 16.1. The molecular formula is C19H11BrN6O2. The van der Waals surface area contributed by atoms with Crippen LogP contribution in [0, 0.1) is 11.3 Å². The normalized spacial score (nSPS) is 11.1. The van der Waals surface area contributed by atoms with Crippen molar-refractivity contribution in [2.45, 2.75) is 0 Å². The van der Waals surface area contributed by atoms with Crippen molar-refractivity contribution in [1.82, 2.24) is 15.0 Å². The van der Waals surface area contributed by atoms with Crippen LogP contribution >= 0.6 is 15.9 Å². The Morgan fingerprint density at radius 3 is 2.64 bits per heavy atom. The van der Waals surface area contributed by atoms with Gasteiger partial charge in [0.25, 0.3) is 5.56 Å². The van der Waals surface area contributed by atoms with Crippen molar-refractivity contribution in [3.63, 3.8) is 0 Å². The van der Waals surface area contributed by atoms with Gasteiger partial charge in [0.05, 0.1) is 11.2 Å². The van der Waals surface area contributed by atoms with Crippen molar-refractivity contribution in [3.8, 4) is 23.2 Å². The van der Waals surface area contributed by atoms with Gasteiger partial charge in [-0.3, -0.25) is 9.78 Å². The highest BCUT2D eigenvalue weighted by Gasteiger charge is 2.14. The third kappa shape index (κ3) is 3.17. The zero-order valence-electron chi connectivity index (χ0n) is 14.1. The van der Waals surface area contributed by atoms with E-state index in [4.69, 9.17) is 0 Å². The minimum atomic E-state index is -0.615. The van der Waals surface area contributed by atoms with E-state index in [0.717, 1.165) is 4.47 Å². The van der Waals surface area contributed by atoms with Crippen molar-refractivity contribution in [1.29, 1.82) is 5.26 Å². The van der Waals surface area contributed by atoms with Crippen LogP contribution in [0.2, 0.25) is 0 Å². The molecule has 9 heteroatoms. The topological polar surface area (TPSA) is 130 Å². The summed E-state index contributed by atoms with van der Waals surface area (Å²) in [6.07, 6.45) is 0. The molecule has 0 saturated heterocycles. The summed E-state index contributed by atoms with van der Waals surface area (Å²) in [4.78, 5) is 21.8. The largest absolute Gasteiger partial charge is 0.493 e. The van der Waals surface area contributed by atoms with Crippen LogP contribution in [0.25, 0.3) is 22.2 Å². The van der Waals surface area contributed by atoms with Gasteiger partial charge in [0.1, 0.15) is 11.6 Å². The summed E-state index contributed by atoms with van der Waals surface area (Å²) in [7, 11) is 0. The number of aromatic nitrogens is 3. The SMILES string of the molecule is N#Cc1c(-c2ccccc2)nc(N=Nc2c(O)[nH]c3ccc(Br)cc23)[nH]c1=O. The van der Waals surface area contributed by atoms with Crippen LogP contribution in [0.4, 0.5) is 11.6 Å². The molecule has 2 aromatic heterocycles. The molecule has 0 saturated carbocycles. The van der Waals surface area contributed by atoms with E-state index in [9.17, 15) is 15.2 Å². The van der Waals surface area contributed by atoms with Crippen molar-refractivity contribution in [3.05, 3.63) is 68.9 Å². The predicted molar refractivity (Wildman–Crippen MR) is 107 cm³/mol. The summed E-state index contributed by atoms with van der Waals surface area (Å²) in [6.45, 7) is 0. The van der Waals surface area contributed by atoms with Gasteiger partial charge >= 0.3 is 0 Å². The fraction of sp³-hybridized carbons (Fsp3) is 0. The fourth-order valence-corrected chi connectivity index (χ4v) is 3.11. The van der Waals surface area contributed by atoms with Crippen LogP contribution in [0.3, 0.4) is 0 Å². The minimum Gasteiger partial charge on any atom is -0.493 e. The molecule has 0 aliphatic heterocycles. The number of azo groups is 1. The van der Waals surface area contributed by atoms with Gasteiger partial charge < -0.3 is 10.1 Å². The number of halogens is 1. The molecule has 136 valence electrons. The van der Waals surface area contributed by atoms with E-state index >= 15 is 0 Å². The second-order valence-corrected chi connectivity index (χ2v) is 6.72. The highest BCUT2D eigenvalue weighted by Crippen LogP contribution is 2.37. The first-order valence-electron chi connectivity index (χ1n) is 8.08. The Balaban J connectivity index is 1.83. The molecule has 0 aliphatic carbocycles. The Bertz CT molecular complexity index is 1320. The van der Waals surface area contributed by atoms with Crippen LogP contribution in [0.15, 0.2) is 68.0 Å². The third-order valence-corrected chi connectivity index (χ3v) is 4.52. The van der Waals surface area contributed by atoms with Crippen LogP contribution in [-0.2, 0) is 0 Å². The number of benzene rings is 2. The molecule has 4 aromatic rings. The van der Waals surface area contributed by atoms with Gasteiger partial charge in [0.2, 0.25) is 11.8 Å². The molecule has 0 amide bonds. The smallest absolute Gasteiger partial charge is 0.270 e. The Morgan fingerprint density at radius 1 is 1.11 bits per heavy atom. The van der Waals surface area contributed by atoms with Crippen molar-refractivity contribution >= 4 is 38.5 Å². The molecule has 0 spiro atoms. The lowest BCUT2D eigenvalue weighted by atomic mass is 10.1. The fourth-order valence-electron chi connectivity index (χ4n) is 2.75. The van der Waals surface area contributed by atoms with Gasteiger partial charge in [-0.2, -0.15) is 5.26 Å². The Morgan fingerprint density at radius 2 is 1.89 bits per heavy atom. The van der Waals surface area contributed by atoms with E-state index in [0.29, 0.717) is 16.5 Å².